The van der Waals surface area contributed by atoms with Gasteiger partial charge in [-0.3, -0.25) is 4.79 Å². The number of nitrogens with one attached hydrogen (secondary N) is 2. The Kier molecular flexibility index (Phi) is 7.39. The first-order valence-corrected chi connectivity index (χ1v) is 13.4. The van der Waals surface area contributed by atoms with Crippen molar-refractivity contribution in [3.05, 3.63) is 40.9 Å². The van der Waals surface area contributed by atoms with Crippen LogP contribution in [0.4, 0.5) is 11.5 Å². The number of fused-ring (bicyclic) bond motifs is 1. The molecule has 10 nitrogen and oxygen atoms in total. The molecule has 0 amide bonds. The van der Waals surface area contributed by atoms with E-state index in [1.165, 1.54) is 17.2 Å². The number of aromatic nitrogens is 3. The van der Waals surface area contributed by atoms with Gasteiger partial charge in [-0.25, -0.2) is 18.4 Å². The molecule has 0 bridgehead atoms. The maximum atomic E-state index is 12.8. The molecule has 188 valence electrons. The van der Waals surface area contributed by atoms with Gasteiger partial charge in [-0.1, -0.05) is 6.07 Å². The largest absolute Gasteiger partial charge is 0.383 e. The van der Waals surface area contributed by atoms with E-state index in [4.69, 9.17) is 4.74 Å². The molecule has 1 aromatic carbocycles. The lowest BCUT2D eigenvalue weighted by atomic mass is 10.0. The van der Waals surface area contributed by atoms with Crippen LogP contribution in [0.2, 0.25) is 0 Å². The lowest BCUT2D eigenvalue weighted by Crippen LogP contribution is -2.36. The molecule has 2 N–H and O–H groups in total. The first-order valence-electron chi connectivity index (χ1n) is 11.6. The second-order valence-corrected chi connectivity index (χ2v) is 11.0. The van der Waals surface area contributed by atoms with Crippen molar-refractivity contribution in [2.45, 2.75) is 23.8 Å². The van der Waals surface area contributed by atoms with E-state index in [-0.39, 0.29) is 16.5 Å². The molecule has 0 radical (unpaired) electrons. The zero-order valence-electron chi connectivity index (χ0n) is 20.5. The van der Waals surface area contributed by atoms with Crippen molar-refractivity contribution in [3.8, 4) is 11.3 Å². The summed E-state index contributed by atoms with van der Waals surface area (Å²) in [5.74, 6) is 0.387. The maximum absolute atomic E-state index is 12.8. The average Bonchev–Trinajstić information content (AvgIpc) is 2.82. The third-order valence-corrected chi connectivity index (χ3v) is 7.39. The van der Waals surface area contributed by atoms with Crippen LogP contribution in [0.5, 0.6) is 0 Å². The number of benzene rings is 1. The molecule has 4 rings (SSSR count). The van der Waals surface area contributed by atoms with Gasteiger partial charge in [-0.05, 0) is 51.2 Å². The van der Waals surface area contributed by atoms with E-state index in [1.54, 1.807) is 32.4 Å². The van der Waals surface area contributed by atoms with E-state index in [9.17, 15) is 13.2 Å². The molecule has 1 aliphatic heterocycles. The normalized spacial score (nSPS) is 15.4. The zero-order valence-corrected chi connectivity index (χ0v) is 21.4. The highest BCUT2D eigenvalue weighted by atomic mass is 32.2. The van der Waals surface area contributed by atoms with Crippen molar-refractivity contribution in [1.29, 1.82) is 0 Å². The number of likely N-dealkylation sites (tertiary alicyclic amines) is 1. The number of hydrogen-bond donors (Lipinski definition) is 2. The third-order valence-electron chi connectivity index (χ3n) is 6.26. The molecule has 2 aromatic heterocycles. The SMILES string of the molecule is COCCNc1nc(-c2ccc(NC3CCN(C)CC3)c(S(C)(=O)=O)c2)cc2ncn(C)c(=O)c12. The lowest BCUT2D eigenvalue weighted by Gasteiger charge is -2.30. The fraction of sp³-hybridized carbons (Fsp3) is 0.458. The highest BCUT2D eigenvalue weighted by Gasteiger charge is 2.21. The van der Waals surface area contributed by atoms with Crippen molar-refractivity contribution in [3.63, 3.8) is 0 Å². The van der Waals surface area contributed by atoms with E-state index >= 15 is 0 Å². The molecule has 1 saturated heterocycles. The number of sulfone groups is 1. The number of piperidine rings is 1. The van der Waals surface area contributed by atoms with Crippen LogP contribution in [0.15, 0.2) is 40.3 Å². The van der Waals surface area contributed by atoms with Crippen LogP contribution >= 0.6 is 0 Å². The average molecular weight is 501 g/mol. The van der Waals surface area contributed by atoms with E-state index < -0.39 is 9.84 Å². The number of hydrogen-bond acceptors (Lipinski definition) is 9. The van der Waals surface area contributed by atoms with Gasteiger partial charge < -0.3 is 24.8 Å². The van der Waals surface area contributed by atoms with Gasteiger partial charge >= 0.3 is 0 Å². The van der Waals surface area contributed by atoms with Crippen molar-refractivity contribution in [2.24, 2.45) is 7.05 Å². The molecule has 3 heterocycles. The summed E-state index contributed by atoms with van der Waals surface area (Å²) < 4.78 is 31.9. The van der Waals surface area contributed by atoms with Gasteiger partial charge in [0.05, 0.1) is 34.7 Å². The predicted octanol–water partition coefficient (Wildman–Crippen LogP) is 1.96. The Bertz CT molecular complexity index is 1380. The summed E-state index contributed by atoms with van der Waals surface area (Å²) in [4.78, 5) is 24.4. The Labute approximate surface area is 205 Å². The topological polar surface area (TPSA) is 118 Å². The van der Waals surface area contributed by atoms with Crippen molar-refractivity contribution in [2.75, 3.05) is 57.3 Å². The summed E-state index contributed by atoms with van der Waals surface area (Å²) in [6.45, 7) is 2.82. The number of anilines is 2. The van der Waals surface area contributed by atoms with Gasteiger partial charge in [0.25, 0.3) is 5.56 Å². The highest BCUT2D eigenvalue weighted by Crippen LogP contribution is 2.31. The number of rotatable bonds is 8. The summed E-state index contributed by atoms with van der Waals surface area (Å²) >= 11 is 0. The van der Waals surface area contributed by atoms with Crippen LogP contribution < -0.4 is 16.2 Å². The summed E-state index contributed by atoms with van der Waals surface area (Å²) in [7, 11) is 1.81. The molecular weight excluding hydrogens is 468 g/mol. The highest BCUT2D eigenvalue weighted by molar-refractivity contribution is 7.90. The van der Waals surface area contributed by atoms with Gasteiger partial charge in [0.2, 0.25) is 0 Å². The molecule has 11 heteroatoms. The van der Waals surface area contributed by atoms with Gasteiger partial charge in [0.15, 0.2) is 9.84 Å². The molecule has 3 aromatic rings. The van der Waals surface area contributed by atoms with Crippen LogP contribution in [-0.4, -0.2) is 80.5 Å². The van der Waals surface area contributed by atoms with Gasteiger partial charge in [0.1, 0.15) is 11.2 Å². The van der Waals surface area contributed by atoms with Crippen LogP contribution in [0, 0.1) is 0 Å². The zero-order chi connectivity index (χ0) is 25.2. The van der Waals surface area contributed by atoms with E-state index in [1.807, 2.05) is 6.07 Å². The maximum Gasteiger partial charge on any atom is 0.264 e. The Morgan fingerprint density at radius 2 is 1.91 bits per heavy atom. The quantitative estimate of drug-likeness (QED) is 0.448. The number of aryl methyl sites for hydroxylation is 1. The minimum absolute atomic E-state index is 0.216. The first kappa shape index (κ1) is 25.1. The summed E-state index contributed by atoms with van der Waals surface area (Å²) in [5.41, 5.74) is 2.00. The smallest absolute Gasteiger partial charge is 0.264 e. The molecule has 1 fully saturated rings. The molecule has 1 aliphatic rings. The molecule has 0 atom stereocenters. The van der Waals surface area contributed by atoms with Gasteiger partial charge in [-0.15, -0.1) is 0 Å². The molecule has 0 unspecified atom stereocenters. The second kappa shape index (κ2) is 10.3. The molecule has 0 aliphatic carbocycles. The van der Waals surface area contributed by atoms with Crippen LogP contribution in [0.3, 0.4) is 0 Å². The second-order valence-electron chi connectivity index (χ2n) is 9.04. The van der Waals surface area contributed by atoms with Crippen molar-refractivity contribution >= 4 is 32.2 Å². The molecule has 35 heavy (non-hydrogen) atoms. The summed E-state index contributed by atoms with van der Waals surface area (Å²) in [5, 5.41) is 6.97. The van der Waals surface area contributed by atoms with Crippen LogP contribution in [0.25, 0.3) is 22.2 Å². The lowest BCUT2D eigenvalue weighted by molar-refractivity contribution is 0.210. The number of ether oxygens (including phenoxy) is 1. The van der Waals surface area contributed by atoms with E-state index in [2.05, 4.69) is 32.5 Å². The Morgan fingerprint density at radius 1 is 1.17 bits per heavy atom. The standard InChI is InChI=1S/C24H32N6O4S/c1-29-10-7-17(8-11-29)27-18-6-5-16(13-21(18)35(4,32)33)19-14-20-22(24(31)30(2)15-26-20)23(28-19)25-9-12-34-3/h5-6,13-15,17,27H,7-12H2,1-4H3,(H,25,28). The van der Waals surface area contributed by atoms with Gasteiger partial charge in [0, 0.05) is 38.6 Å². The fourth-order valence-corrected chi connectivity index (χ4v) is 5.12. The summed E-state index contributed by atoms with van der Waals surface area (Å²) in [6, 6.07) is 7.21. The number of methoxy groups -OCH3 is 1. The minimum Gasteiger partial charge on any atom is -0.383 e. The Morgan fingerprint density at radius 3 is 2.60 bits per heavy atom. The monoisotopic (exact) mass is 500 g/mol. The molecule has 0 saturated carbocycles. The number of nitrogens with zero attached hydrogens (tertiary/aromatic N) is 4. The van der Waals surface area contributed by atoms with Crippen LogP contribution in [0.1, 0.15) is 12.8 Å². The number of pyridine rings is 1. The van der Waals surface area contributed by atoms with Crippen molar-refractivity contribution in [1.82, 2.24) is 19.4 Å². The first-order chi connectivity index (χ1) is 16.7. The third kappa shape index (κ3) is 5.63. The van der Waals surface area contributed by atoms with Gasteiger partial charge in [-0.2, -0.15) is 0 Å². The molecular formula is C24H32N6O4S. The van der Waals surface area contributed by atoms with Crippen LogP contribution in [-0.2, 0) is 21.6 Å². The Balaban J connectivity index is 1.77. The Hall–Kier alpha value is -3.02. The molecule has 0 spiro atoms. The predicted molar refractivity (Wildman–Crippen MR) is 138 cm³/mol. The minimum atomic E-state index is -3.51. The van der Waals surface area contributed by atoms with E-state index in [0.717, 1.165) is 25.9 Å². The summed E-state index contributed by atoms with van der Waals surface area (Å²) in [6.07, 6.45) is 4.57. The van der Waals surface area contributed by atoms with Crippen molar-refractivity contribution < 1.29 is 13.2 Å². The van der Waals surface area contributed by atoms with E-state index in [0.29, 0.717) is 46.8 Å². The fourth-order valence-electron chi connectivity index (χ4n) is 4.25.